The van der Waals surface area contributed by atoms with Crippen LogP contribution in [0.4, 0.5) is 0 Å². The summed E-state index contributed by atoms with van der Waals surface area (Å²) < 4.78 is 7.14. The van der Waals surface area contributed by atoms with Gasteiger partial charge in [0.2, 0.25) is 0 Å². The van der Waals surface area contributed by atoms with Crippen LogP contribution in [0, 0.1) is 6.92 Å². The Morgan fingerprint density at radius 2 is 1.97 bits per heavy atom. The zero-order valence-corrected chi connectivity index (χ0v) is 18.6. The number of fused-ring (bicyclic) bond motifs is 1. The Kier molecular flexibility index (Phi) is 6.99. The van der Waals surface area contributed by atoms with E-state index >= 15 is 0 Å². The first kappa shape index (κ1) is 21.2. The smallest absolute Gasteiger partial charge is 0.262 e. The van der Waals surface area contributed by atoms with Crippen LogP contribution in [0.5, 0.6) is 0 Å². The van der Waals surface area contributed by atoms with Gasteiger partial charge in [0.05, 0.1) is 34.7 Å². The monoisotopic (exact) mass is 443 g/mol. The van der Waals surface area contributed by atoms with Crippen molar-refractivity contribution in [3.63, 3.8) is 0 Å². The fraction of sp³-hybridized carbons (Fsp3) is 0.409. The van der Waals surface area contributed by atoms with Crippen molar-refractivity contribution in [3.8, 4) is 0 Å². The summed E-state index contributed by atoms with van der Waals surface area (Å²) in [4.78, 5) is 34.7. The second-order valence-electron chi connectivity index (χ2n) is 7.30. The number of aromatic nitrogens is 2. The largest absolute Gasteiger partial charge is 0.379 e. The number of carbonyl (C=O) groups is 1. The van der Waals surface area contributed by atoms with Crippen LogP contribution in [0.15, 0.2) is 46.3 Å². The molecule has 30 heavy (non-hydrogen) atoms. The molecule has 0 radical (unpaired) electrons. The van der Waals surface area contributed by atoms with Gasteiger partial charge in [-0.3, -0.25) is 19.1 Å². The lowest BCUT2D eigenvalue weighted by atomic mass is 10.2. The van der Waals surface area contributed by atoms with E-state index in [1.807, 2.05) is 43.3 Å². The second-order valence-corrected chi connectivity index (χ2v) is 9.53. The molecule has 0 saturated carbocycles. The number of benzene rings is 1. The number of nitrogens with zero attached hydrogens (tertiary/aromatic N) is 3. The van der Waals surface area contributed by atoms with Crippen molar-refractivity contribution >= 4 is 39.8 Å². The van der Waals surface area contributed by atoms with Crippen LogP contribution in [-0.2, 0) is 11.3 Å². The highest BCUT2D eigenvalue weighted by atomic mass is 32.2. The number of thiophene rings is 1. The minimum absolute atomic E-state index is 0.0375. The molecule has 0 atom stereocenters. The van der Waals surface area contributed by atoms with Gasteiger partial charge in [-0.05, 0) is 37.6 Å². The minimum Gasteiger partial charge on any atom is -0.379 e. The molecule has 3 heterocycles. The third-order valence-electron chi connectivity index (χ3n) is 5.13. The molecule has 4 rings (SSSR count). The molecule has 1 aromatic carbocycles. The first-order valence-electron chi connectivity index (χ1n) is 10.1. The topological polar surface area (TPSA) is 64.4 Å². The Bertz CT molecular complexity index is 1090. The SMILES string of the molecule is Cc1ccc(C(=O)CSc2nc3ccccc3c(=O)n2CCCN2CCOCC2)s1. The van der Waals surface area contributed by atoms with E-state index in [1.165, 1.54) is 23.1 Å². The number of thioether (sulfide) groups is 1. The van der Waals surface area contributed by atoms with E-state index in [0.717, 1.165) is 49.0 Å². The van der Waals surface area contributed by atoms with E-state index in [4.69, 9.17) is 9.72 Å². The number of carbonyl (C=O) groups excluding carboxylic acids is 1. The van der Waals surface area contributed by atoms with Crippen LogP contribution in [0.1, 0.15) is 21.0 Å². The summed E-state index contributed by atoms with van der Waals surface area (Å²) in [6.07, 6.45) is 0.853. The number of hydrogen-bond donors (Lipinski definition) is 0. The van der Waals surface area contributed by atoms with Crippen LogP contribution >= 0.6 is 23.1 Å². The Labute approximate surface area is 183 Å². The molecule has 8 heteroatoms. The van der Waals surface area contributed by atoms with Gasteiger partial charge in [0.25, 0.3) is 5.56 Å². The minimum atomic E-state index is -0.0375. The third kappa shape index (κ3) is 5.00. The molecule has 1 saturated heterocycles. The van der Waals surface area contributed by atoms with Crippen LogP contribution in [0.3, 0.4) is 0 Å². The Hall–Kier alpha value is -2.00. The molecule has 2 aromatic heterocycles. The summed E-state index contributed by atoms with van der Waals surface area (Å²) in [5.74, 6) is 0.342. The van der Waals surface area contributed by atoms with E-state index in [2.05, 4.69) is 4.90 Å². The van der Waals surface area contributed by atoms with E-state index in [-0.39, 0.29) is 17.1 Å². The summed E-state index contributed by atoms with van der Waals surface area (Å²) >= 11 is 2.85. The number of rotatable bonds is 8. The van der Waals surface area contributed by atoms with Crippen LogP contribution < -0.4 is 5.56 Å². The van der Waals surface area contributed by atoms with E-state index in [9.17, 15) is 9.59 Å². The number of aryl methyl sites for hydroxylation is 1. The lowest BCUT2D eigenvalue weighted by Crippen LogP contribution is -2.37. The zero-order valence-electron chi connectivity index (χ0n) is 17.0. The number of hydrogen-bond acceptors (Lipinski definition) is 7. The lowest BCUT2D eigenvalue weighted by molar-refractivity contribution is 0.0368. The summed E-state index contributed by atoms with van der Waals surface area (Å²) in [6, 6.07) is 11.2. The Morgan fingerprint density at radius 3 is 2.73 bits per heavy atom. The van der Waals surface area contributed by atoms with Gasteiger partial charge in [0, 0.05) is 31.1 Å². The number of ether oxygens (including phenoxy) is 1. The fourth-order valence-corrected chi connectivity index (χ4v) is 5.32. The van der Waals surface area contributed by atoms with Crippen molar-refractivity contribution < 1.29 is 9.53 Å². The van der Waals surface area contributed by atoms with E-state index in [1.54, 1.807) is 4.57 Å². The van der Waals surface area contributed by atoms with Crippen LogP contribution in [0.2, 0.25) is 0 Å². The molecule has 6 nitrogen and oxygen atoms in total. The Morgan fingerprint density at radius 1 is 1.17 bits per heavy atom. The molecule has 158 valence electrons. The molecular weight excluding hydrogens is 418 g/mol. The normalized spacial score (nSPS) is 15.0. The van der Waals surface area contributed by atoms with Crippen molar-refractivity contribution in [2.45, 2.75) is 25.0 Å². The molecule has 1 aliphatic heterocycles. The van der Waals surface area contributed by atoms with Gasteiger partial charge in [-0.15, -0.1) is 11.3 Å². The van der Waals surface area contributed by atoms with Crippen molar-refractivity contribution in [1.29, 1.82) is 0 Å². The van der Waals surface area contributed by atoms with Crippen molar-refractivity contribution in [1.82, 2.24) is 14.5 Å². The highest BCUT2D eigenvalue weighted by Gasteiger charge is 2.16. The molecule has 0 spiro atoms. The summed E-state index contributed by atoms with van der Waals surface area (Å²) in [5.41, 5.74) is 0.637. The first-order valence-corrected chi connectivity index (χ1v) is 11.9. The average Bonchev–Trinajstić information content (AvgIpc) is 3.21. The molecule has 0 N–H and O–H groups in total. The van der Waals surface area contributed by atoms with Gasteiger partial charge >= 0.3 is 0 Å². The van der Waals surface area contributed by atoms with Gasteiger partial charge in [-0.2, -0.15) is 0 Å². The van der Waals surface area contributed by atoms with Gasteiger partial charge in [0.15, 0.2) is 10.9 Å². The highest BCUT2D eigenvalue weighted by Crippen LogP contribution is 2.22. The summed E-state index contributed by atoms with van der Waals surface area (Å²) in [5, 5.41) is 1.23. The molecule has 3 aromatic rings. The summed E-state index contributed by atoms with van der Waals surface area (Å²) in [7, 11) is 0. The van der Waals surface area contributed by atoms with E-state index < -0.39 is 0 Å². The number of Topliss-reactive ketones (excluding diaryl/α,β-unsaturated/α-hetero) is 1. The maximum Gasteiger partial charge on any atom is 0.262 e. The summed E-state index contributed by atoms with van der Waals surface area (Å²) in [6.45, 7) is 6.89. The van der Waals surface area contributed by atoms with Gasteiger partial charge in [0.1, 0.15) is 0 Å². The van der Waals surface area contributed by atoms with Crippen LogP contribution in [0.25, 0.3) is 10.9 Å². The third-order valence-corrected chi connectivity index (χ3v) is 7.15. The average molecular weight is 444 g/mol. The van der Waals surface area contributed by atoms with Gasteiger partial charge < -0.3 is 4.74 Å². The second kappa shape index (κ2) is 9.87. The van der Waals surface area contributed by atoms with Crippen molar-refractivity contribution in [3.05, 3.63) is 56.5 Å². The standard InChI is InChI=1S/C22H25N3O3S2/c1-16-7-8-20(30-16)19(26)15-29-22-23-18-6-3-2-5-17(18)21(27)25(22)10-4-9-24-11-13-28-14-12-24/h2-3,5-8H,4,9-15H2,1H3. The number of para-hydroxylation sites is 1. The van der Waals surface area contributed by atoms with Gasteiger partial charge in [-0.25, -0.2) is 4.98 Å². The van der Waals surface area contributed by atoms with E-state index in [0.29, 0.717) is 22.6 Å². The molecule has 0 aliphatic carbocycles. The molecule has 0 unspecified atom stereocenters. The predicted octanol–water partition coefficient (Wildman–Crippen LogP) is 3.46. The Balaban J connectivity index is 1.52. The molecule has 1 aliphatic rings. The van der Waals surface area contributed by atoms with Crippen LogP contribution in [-0.4, -0.2) is 58.8 Å². The highest BCUT2D eigenvalue weighted by molar-refractivity contribution is 7.99. The maximum atomic E-state index is 13.1. The lowest BCUT2D eigenvalue weighted by Gasteiger charge is -2.26. The quantitative estimate of drug-likeness (QED) is 0.302. The number of ketones is 1. The van der Waals surface area contributed by atoms with Crippen molar-refractivity contribution in [2.24, 2.45) is 0 Å². The molecule has 0 bridgehead atoms. The fourth-order valence-electron chi connectivity index (χ4n) is 3.52. The first-order chi connectivity index (χ1) is 14.6. The molecule has 0 amide bonds. The maximum absolute atomic E-state index is 13.1. The van der Waals surface area contributed by atoms with Crippen molar-refractivity contribution in [2.75, 3.05) is 38.6 Å². The molecular formula is C22H25N3O3S2. The zero-order chi connectivity index (χ0) is 20.9. The van der Waals surface area contributed by atoms with Gasteiger partial charge in [-0.1, -0.05) is 23.9 Å². The number of morpholine rings is 1. The molecule has 1 fully saturated rings. The predicted molar refractivity (Wildman–Crippen MR) is 122 cm³/mol.